The van der Waals surface area contributed by atoms with Crippen LogP contribution in [0.25, 0.3) is 0 Å². The molecule has 5 nitrogen and oxygen atoms in total. The molecular formula is C22H33NO4. The lowest BCUT2D eigenvalue weighted by atomic mass is 9.81. The fourth-order valence-electron chi connectivity index (χ4n) is 3.30. The SMILES string of the molecule is CC(C)(C)OC(=O)NC1CCC(c2cccc(C(=O)OC(C)(C)C)c2)CC1. The van der Waals surface area contributed by atoms with Crippen molar-refractivity contribution < 1.29 is 19.1 Å². The van der Waals surface area contributed by atoms with Gasteiger partial charge in [-0.15, -0.1) is 0 Å². The Morgan fingerprint density at radius 1 is 0.926 bits per heavy atom. The molecule has 2 rings (SSSR count). The number of hydrogen-bond acceptors (Lipinski definition) is 4. The van der Waals surface area contributed by atoms with Crippen molar-refractivity contribution in [2.45, 2.75) is 90.4 Å². The second-order valence-corrected chi connectivity index (χ2v) is 9.32. The van der Waals surface area contributed by atoms with Gasteiger partial charge in [-0.1, -0.05) is 12.1 Å². The molecule has 1 saturated carbocycles. The first-order valence-corrected chi connectivity index (χ1v) is 9.76. The summed E-state index contributed by atoms with van der Waals surface area (Å²) in [4.78, 5) is 24.2. The number of amides is 1. The van der Waals surface area contributed by atoms with E-state index >= 15 is 0 Å². The van der Waals surface area contributed by atoms with Crippen molar-refractivity contribution in [1.29, 1.82) is 0 Å². The van der Waals surface area contributed by atoms with Crippen molar-refractivity contribution in [2.75, 3.05) is 0 Å². The van der Waals surface area contributed by atoms with Crippen LogP contribution in [0.3, 0.4) is 0 Å². The normalized spacial score (nSPS) is 20.7. The molecule has 0 spiro atoms. The van der Waals surface area contributed by atoms with Gasteiger partial charge in [0, 0.05) is 6.04 Å². The molecule has 1 aromatic rings. The summed E-state index contributed by atoms with van der Waals surface area (Å²) in [6.07, 6.45) is 3.40. The Labute approximate surface area is 162 Å². The first kappa shape index (κ1) is 21.3. The molecule has 0 radical (unpaired) electrons. The van der Waals surface area contributed by atoms with E-state index in [2.05, 4.69) is 11.4 Å². The molecule has 0 saturated heterocycles. The quantitative estimate of drug-likeness (QED) is 0.738. The van der Waals surface area contributed by atoms with Gasteiger partial charge in [0.2, 0.25) is 0 Å². The van der Waals surface area contributed by atoms with E-state index in [4.69, 9.17) is 9.47 Å². The van der Waals surface area contributed by atoms with Gasteiger partial charge < -0.3 is 14.8 Å². The van der Waals surface area contributed by atoms with Gasteiger partial charge in [0.1, 0.15) is 11.2 Å². The highest BCUT2D eigenvalue weighted by atomic mass is 16.6. The Balaban J connectivity index is 1.92. The summed E-state index contributed by atoms with van der Waals surface area (Å²) >= 11 is 0. The molecule has 27 heavy (non-hydrogen) atoms. The number of alkyl carbamates (subject to hydrolysis) is 1. The van der Waals surface area contributed by atoms with Crippen molar-refractivity contribution in [3.63, 3.8) is 0 Å². The topological polar surface area (TPSA) is 64.6 Å². The van der Waals surface area contributed by atoms with Crippen LogP contribution in [-0.2, 0) is 9.47 Å². The van der Waals surface area contributed by atoms with Gasteiger partial charge >= 0.3 is 12.1 Å². The molecule has 1 aromatic carbocycles. The first-order valence-electron chi connectivity index (χ1n) is 9.76. The van der Waals surface area contributed by atoms with E-state index < -0.39 is 11.2 Å². The van der Waals surface area contributed by atoms with Crippen LogP contribution in [0, 0.1) is 0 Å². The maximum Gasteiger partial charge on any atom is 0.407 e. The highest BCUT2D eigenvalue weighted by Gasteiger charge is 2.26. The minimum atomic E-state index is -0.502. The second-order valence-electron chi connectivity index (χ2n) is 9.32. The van der Waals surface area contributed by atoms with Gasteiger partial charge in [0.15, 0.2) is 0 Å². The summed E-state index contributed by atoms with van der Waals surface area (Å²) in [7, 11) is 0. The van der Waals surface area contributed by atoms with Crippen molar-refractivity contribution >= 4 is 12.1 Å². The van der Waals surface area contributed by atoms with Crippen LogP contribution >= 0.6 is 0 Å². The van der Waals surface area contributed by atoms with Crippen LogP contribution in [-0.4, -0.2) is 29.3 Å². The highest BCUT2D eigenvalue weighted by molar-refractivity contribution is 5.89. The van der Waals surface area contributed by atoms with Crippen molar-refractivity contribution in [3.05, 3.63) is 35.4 Å². The number of benzene rings is 1. The third-order valence-corrected chi connectivity index (χ3v) is 4.44. The molecule has 1 N–H and O–H groups in total. The summed E-state index contributed by atoms with van der Waals surface area (Å²) in [5.41, 5.74) is 0.771. The minimum absolute atomic E-state index is 0.144. The Kier molecular flexibility index (Phi) is 6.55. The number of carbonyl (C=O) groups excluding carboxylic acids is 2. The second kappa shape index (κ2) is 8.32. The van der Waals surface area contributed by atoms with Crippen molar-refractivity contribution in [1.82, 2.24) is 5.32 Å². The van der Waals surface area contributed by atoms with Crippen molar-refractivity contribution in [3.8, 4) is 0 Å². The predicted molar refractivity (Wildman–Crippen MR) is 106 cm³/mol. The molecule has 0 aliphatic heterocycles. The third kappa shape index (κ3) is 7.24. The zero-order chi connectivity index (χ0) is 20.2. The molecule has 5 heteroatoms. The standard InChI is InChI=1S/C22H33NO4/c1-21(2,3)26-19(24)17-9-7-8-16(14-17)15-10-12-18(13-11-15)23-20(25)27-22(4,5)6/h7-9,14-15,18H,10-13H2,1-6H3,(H,23,25). The van der Waals surface area contributed by atoms with Gasteiger partial charge in [-0.2, -0.15) is 0 Å². The zero-order valence-electron chi connectivity index (χ0n) is 17.4. The molecule has 0 unspecified atom stereocenters. The molecule has 0 aromatic heterocycles. The summed E-state index contributed by atoms with van der Waals surface area (Å²) in [6.45, 7) is 11.2. The van der Waals surface area contributed by atoms with Gasteiger partial charge in [0.25, 0.3) is 0 Å². The minimum Gasteiger partial charge on any atom is -0.456 e. The Morgan fingerprint density at radius 2 is 1.52 bits per heavy atom. The number of ether oxygens (including phenoxy) is 2. The van der Waals surface area contributed by atoms with Gasteiger partial charge in [-0.3, -0.25) is 0 Å². The highest BCUT2D eigenvalue weighted by Crippen LogP contribution is 2.33. The van der Waals surface area contributed by atoms with E-state index in [9.17, 15) is 9.59 Å². The zero-order valence-corrected chi connectivity index (χ0v) is 17.4. The van der Waals surface area contributed by atoms with Crippen molar-refractivity contribution in [2.24, 2.45) is 0 Å². The number of nitrogens with one attached hydrogen (secondary N) is 1. The molecule has 0 atom stereocenters. The van der Waals surface area contributed by atoms with Gasteiger partial charge in [-0.25, -0.2) is 9.59 Å². The van der Waals surface area contributed by atoms with E-state index in [0.717, 1.165) is 31.2 Å². The first-order chi connectivity index (χ1) is 12.4. The summed E-state index contributed by atoms with van der Waals surface area (Å²) < 4.78 is 10.8. The molecular weight excluding hydrogens is 342 g/mol. The third-order valence-electron chi connectivity index (χ3n) is 4.44. The fourth-order valence-corrected chi connectivity index (χ4v) is 3.30. The predicted octanol–water partition coefficient (Wildman–Crippen LogP) is 5.19. The Hall–Kier alpha value is -2.04. The maximum absolute atomic E-state index is 12.3. The number of rotatable bonds is 3. The lowest BCUT2D eigenvalue weighted by Gasteiger charge is -2.30. The molecule has 0 bridgehead atoms. The van der Waals surface area contributed by atoms with E-state index in [1.54, 1.807) is 6.07 Å². The lowest BCUT2D eigenvalue weighted by Crippen LogP contribution is -2.40. The number of hydrogen-bond donors (Lipinski definition) is 1. The molecule has 1 aliphatic rings. The average molecular weight is 376 g/mol. The van der Waals surface area contributed by atoms with Gasteiger partial charge in [-0.05, 0) is 90.8 Å². The van der Waals surface area contributed by atoms with Crippen LogP contribution in [0.4, 0.5) is 4.79 Å². The monoisotopic (exact) mass is 375 g/mol. The smallest absolute Gasteiger partial charge is 0.407 e. The molecule has 150 valence electrons. The van der Waals surface area contributed by atoms with Crippen LogP contribution in [0.5, 0.6) is 0 Å². The van der Waals surface area contributed by atoms with E-state index in [1.165, 1.54) is 0 Å². The van der Waals surface area contributed by atoms with Crippen LogP contribution in [0.15, 0.2) is 24.3 Å². The van der Waals surface area contributed by atoms with E-state index in [1.807, 2.05) is 53.7 Å². The summed E-state index contributed by atoms with van der Waals surface area (Å²) in [5, 5.41) is 2.97. The van der Waals surface area contributed by atoms with Crippen LogP contribution < -0.4 is 5.32 Å². The number of carbonyl (C=O) groups is 2. The Morgan fingerprint density at radius 3 is 2.07 bits per heavy atom. The van der Waals surface area contributed by atoms with Crippen LogP contribution in [0.1, 0.15) is 89.1 Å². The van der Waals surface area contributed by atoms with Gasteiger partial charge in [0.05, 0.1) is 5.56 Å². The molecule has 1 aliphatic carbocycles. The molecule has 0 heterocycles. The fraction of sp³-hybridized carbons (Fsp3) is 0.636. The largest absolute Gasteiger partial charge is 0.456 e. The number of esters is 1. The van der Waals surface area contributed by atoms with E-state index in [-0.39, 0.29) is 18.1 Å². The average Bonchev–Trinajstić information content (AvgIpc) is 2.52. The molecule has 1 amide bonds. The van der Waals surface area contributed by atoms with E-state index in [0.29, 0.717) is 11.5 Å². The van der Waals surface area contributed by atoms with Crippen LogP contribution in [0.2, 0.25) is 0 Å². The lowest BCUT2D eigenvalue weighted by molar-refractivity contribution is 0.00689. The maximum atomic E-state index is 12.3. The molecule has 1 fully saturated rings. The summed E-state index contributed by atoms with van der Waals surface area (Å²) in [6, 6.07) is 7.87. The summed E-state index contributed by atoms with van der Waals surface area (Å²) in [5.74, 6) is 0.105. The Bertz CT molecular complexity index is 662.